The van der Waals surface area contributed by atoms with Crippen LogP contribution in [-0.4, -0.2) is 32.9 Å². The van der Waals surface area contributed by atoms with Crippen molar-refractivity contribution in [2.24, 2.45) is 0 Å². The summed E-state index contributed by atoms with van der Waals surface area (Å²) < 4.78 is 24.0. The largest absolute Gasteiger partial charge is 0.490 e. The van der Waals surface area contributed by atoms with Crippen molar-refractivity contribution in [1.82, 2.24) is 5.32 Å². The molecule has 0 aliphatic carbocycles. The number of hydrogen-bond donors (Lipinski definition) is 1. The van der Waals surface area contributed by atoms with Gasteiger partial charge >= 0.3 is 0 Å². The third kappa shape index (κ3) is 3.21. The molecule has 0 radical (unpaired) electrons. The minimum Gasteiger partial charge on any atom is -0.490 e. The van der Waals surface area contributed by atoms with Crippen LogP contribution in [0.15, 0.2) is 18.2 Å². The second kappa shape index (κ2) is 6.16. The molecule has 0 aromatic heterocycles. The van der Waals surface area contributed by atoms with Crippen LogP contribution in [0.25, 0.3) is 0 Å². The molecule has 3 nitrogen and oxygen atoms in total. The first-order valence-electron chi connectivity index (χ1n) is 6.34. The summed E-state index contributed by atoms with van der Waals surface area (Å²) in [5.41, 5.74) is 0.979. The lowest BCUT2D eigenvalue weighted by atomic mass is 10.0. The van der Waals surface area contributed by atoms with E-state index in [1.807, 2.05) is 7.05 Å². The highest BCUT2D eigenvalue weighted by Crippen LogP contribution is 2.31. The third-order valence-corrected chi connectivity index (χ3v) is 3.38. The molecule has 18 heavy (non-hydrogen) atoms. The van der Waals surface area contributed by atoms with Crippen LogP contribution in [0.3, 0.4) is 0 Å². The lowest BCUT2D eigenvalue weighted by Crippen LogP contribution is -2.31. The third-order valence-electron chi connectivity index (χ3n) is 3.38. The highest BCUT2D eigenvalue weighted by Gasteiger charge is 2.23. The Kier molecular flexibility index (Phi) is 4.55. The molecule has 0 saturated carbocycles. The normalized spacial score (nSPS) is 19.4. The maximum atomic E-state index is 13.1. The van der Waals surface area contributed by atoms with Gasteiger partial charge in [-0.05, 0) is 38.1 Å². The van der Waals surface area contributed by atoms with E-state index in [1.54, 1.807) is 19.2 Å². The molecule has 0 spiro atoms. The van der Waals surface area contributed by atoms with Gasteiger partial charge in [0, 0.05) is 25.1 Å². The maximum Gasteiger partial charge on any atom is 0.123 e. The van der Waals surface area contributed by atoms with Gasteiger partial charge in [-0.1, -0.05) is 0 Å². The molecule has 1 heterocycles. The van der Waals surface area contributed by atoms with E-state index < -0.39 is 0 Å². The molecule has 0 amide bonds. The summed E-state index contributed by atoms with van der Waals surface area (Å²) >= 11 is 0. The monoisotopic (exact) mass is 253 g/mol. The van der Waals surface area contributed by atoms with Crippen molar-refractivity contribution in [3.8, 4) is 5.75 Å². The first kappa shape index (κ1) is 13.3. The second-order valence-corrected chi connectivity index (χ2v) is 4.71. The van der Waals surface area contributed by atoms with E-state index in [9.17, 15) is 4.39 Å². The van der Waals surface area contributed by atoms with Crippen molar-refractivity contribution in [3.05, 3.63) is 29.6 Å². The summed E-state index contributed by atoms with van der Waals surface area (Å²) in [4.78, 5) is 0. The molecular weight excluding hydrogens is 233 g/mol. The van der Waals surface area contributed by atoms with Crippen molar-refractivity contribution in [1.29, 1.82) is 0 Å². The Balaban J connectivity index is 1.84. The topological polar surface area (TPSA) is 30.5 Å². The molecule has 1 aromatic rings. The Morgan fingerprint density at radius 3 is 3.11 bits per heavy atom. The molecule has 1 aliphatic rings. The van der Waals surface area contributed by atoms with Crippen molar-refractivity contribution in [2.75, 3.05) is 20.8 Å². The Hall–Kier alpha value is -1.13. The van der Waals surface area contributed by atoms with E-state index in [1.165, 1.54) is 6.07 Å². The van der Waals surface area contributed by atoms with Gasteiger partial charge in [0.05, 0.1) is 6.61 Å². The minimum atomic E-state index is -0.189. The summed E-state index contributed by atoms with van der Waals surface area (Å²) in [6, 6.07) is 5.08. The van der Waals surface area contributed by atoms with Crippen LogP contribution < -0.4 is 10.1 Å². The number of benzene rings is 1. The van der Waals surface area contributed by atoms with Gasteiger partial charge in [-0.3, -0.25) is 0 Å². The lowest BCUT2D eigenvalue weighted by Gasteiger charge is -2.17. The fraction of sp³-hybridized carbons (Fsp3) is 0.571. The Morgan fingerprint density at radius 1 is 1.56 bits per heavy atom. The van der Waals surface area contributed by atoms with Crippen LogP contribution in [-0.2, 0) is 11.2 Å². The highest BCUT2D eigenvalue weighted by molar-refractivity contribution is 5.37. The molecule has 100 valence electrons. The van der Waals surface area contributed by atoms with Gasteiger partial charge in [0.25, 0.3) is 0 Å². The van der Waals surface area contributed by atoms with E-state index in [0.29, 0.717) is 12.6 Å². The average Bonchev–Trinajstić information content (AvgIpc) is 2.76. The molecule has 1 aliphatic heterocycles. The van der Waals surface area contributed by atoms with E-state index in [0.717, 1.165) is 30.6 Å². The minimum absolute atomic E-state index is 0.162. The molecule has 2 rings (SSSR count). The van der Waals surface area contributed by atoms with Crippen molar-refractivity contribution < 1.29 is 13.9 Å². The average molecular weight is 253 g/mol. The van der Waals surface area contributed by atoms with Crippen LogP contribution in [0.2, 0.25) is 0 Å². The van der Waals surface area contributed by atoms with Gasteiger partial charge in [0.1, 0.15) is 17.7 Å². The van der Waals surface area contributed by atoms with Gasteiger partial charge in [0.2, 0.25) is 0 Å². The fourth-order valence-corrected chi connectivity index (χ4v) is 2.35. The smallest absolute Gasteiger partial charge is 0.123 e. The van der Waals surface area contributed by atoms with E-state index in [2.05, 4.69) is 5.32 Å². The van der Waals surface area contributed by atoms with Gasteiger partial charge < -0.3 is 14.8 Å². The van der Waals surface area contributed by atoms with Gasteiger partial charge in [-0.15, -0.1) is 0 Å². The van der Waals surface area contributed by atoms with Crippen LogP contribution in [0.1, 0.15) is 18.4 Å². The van der Waals surface area contributed by atoms with Crippen molar-refractivity contribution in [2.45, 2.75) is 31.4 Å². The maximum absolute atomic E-state index is 13.1. The molecule has 0 bridgehead atoms. The number of rotatable bonds is 6. The number of likely N-dealkylation sites (N-methyl/N-ethyl adjacent to an activating group) is 1. The molecule has 0 fully saturated rings. The first-order valence-corrected chi connectivity index (χ1v) is 6.34. The summed E-state index contributed by atoms with van der Waals surface area (Å²) in [6.45, 7) is 0.699. The molecule has 4 heteroatoms. The summed E-state index contributed by atoms with van der Waals surface area (Å²) in [7, 11) is 3.64. The van der Waals surface area contributed by atoms with Crippen LogP contribution in [0.4, 0.5) is 4.39 Å². The molecule has 2 unspecified atom stereocenters. The van der Waals surface area contributed by atoms with Gasteiger partial charge in [-0.2, -0.15) is 0 Å². The number of halogens is 1. The van der Waals surface area contributed by atoms with Gasteiger partial charge in [0.15, 0.2) is 0 Å². The zero-order valence-corrected chi connectivity index (χ0v) is 10.9. The zero-order valence-electron chi connectivity index (χ0n) is 10.9. The lowest BCUT2D eigenvalue weighted by molar-refractivity contribution is 0.152. The Morgan fingerprint density at radius 2 is 2.39 bits per heavy atom. The zero-order chi connectivity index (χ0) is 13.0. The number of hydrogen-bond acceptors (Lipinski definition) is 3. The first-order chi connectivity index (χ1) is 8.72. The van der Waals surface area contributed by atoms with Crippen molar-refractivity contribution >= 4 is 0 Å². The molecular formula is C14H20FNO2. The fourth-order valence-electron chi connectivity index (χ4n) is 2.35. The molecule has 1 N–H and O–H groups in total. The summed E-state index contributed by atoms with van der Waals surface area (Å²) in [5.74, 6) is 0.639. The molecule has 1 aromatic carbocycles. The number of fused-ring (bicyclic) bond motifs is 1. The predicted octanol–water partition coefficient (Wildman–Crippen LogP) is 2.14. The number of ether oxygens (including phenoxy) is 2. The van der Waals surface area contributed by atoms with E-state index in [4.69, 9.17) is 9.47 Å². The molecule has 2 atom stereocenters. The SMILES string of the molecule is CNC(CCC1Cc2cc(F)ccc2O1)COC. The van der Waals surface area contributed by atoms with E-state index in [-0.39, 0.29) is 11.9 Å². The predicted molar refractivity (Wildman–Crippen MR) is 68.5 cm³/mol. The van der Waals surface area contributed by atoms with E-state index >= 15 is 0 Å². The number of nitrogens with one attached hydrogen (secondary N) is 1. The molecule has 0 saturated heterocycles. The standard InChI is InChI=1S/C14H20FNO2/c1-16-12(9-17-2)4-5-13-8-10-7-11(15)3-6-14(10)18-13/h3,6-7,12-13,16H,4-5,8-9H2,1-2H3. The van der Waals surface area contributed by atoms with Crippen LogP contribution >= 0.6 is 0 Å². The highest BCUT2D eigenvalue weighted by atomic mass is 19.1. The summed E-state index contributed by atoms with van der Waals surface area (Å²) in [6.07, 6.45) is 2.90. The summed E-state index contributed by atoms with van der Waals surface area (Å²) in [5, 5.41) is 3.22. The van der Waals surface area contributed by atoms with Gasteiger partial charge in [-0.25, -0.2) is 4.39 Å². The van der Waals surface area contributed by atoms with Crippen LogP contribution in [0, 0.1) is 5.82 Å². The second-order valence-electron chi connectivity index (χ2n) is 4.71. The van der Waals surface area contributed by atoms with Crippen LogP contribution in [0.5, 0.6) is 5.75 Å². The quantitative estimate of drug-likeness (QED) is 0.842. The van der Waals surface area contributed by atoms with Crippen molar-refractivity contribution in [3.63, 3.8) is 0 Å². The number of methoxy groups -OCH3 is 1. The Labute approximate surface area is 107 Å². The Bertz CT molecular complexity index is 397.